The van der Waals surface area contributed by atoms with E-state index >= 15 is 0 Å². The minimum atomic E-state index is -0.358. The molecule has 1 aliphatic carbocycles. The monoisotopic (exact) mass is 401 g/mol. The highest BCUT2D eigenvalue weighted by molar-refractivity contribution is 5.79. The molecule has 2 N–H and O–H groups in total. The molecule has 2 heterocycles. The van der Waals surface area contributed by atoms with E-state index in [-0.39, 0.29) is 12.1 Å². The van der Waals surface area contributed by atoms with Gasteiger partial charge in [-0.3, -0.25) is 0 Å². The van der Waals surface area contributed by atoms with Gasteiger partial charge in [-0.05, 0) is 55.2 Å². The Hall–Kier alpha value is -3.37. The van der Waals surface area contributed by atoms with Crippen LogP contribution in [0.25, 0.3) is 22.1 Å². The molecular formula is C23H23N5O2. The lowest BCUT2D eigenvalue weighted by atomic mass is 9.93. The summed E-state index contributed by atoms with van der Waals surface area (Å²) in [5.74, 6) is 0. The second kappa shape index (κ2) is 7.47. The number of oxazole rings is 1. The number of nitrogens with one attached hydrogen (secondary N) is 1. The molecule has 0 saturated heterocycles. The molecule has 152 valence electrons. The minimum absolute atomic E-state index is 0.00913. The molecule has 0 unspecified atom stereocenters. The minimum Gasteiger partial charge on any atom is -0.424 e. The third-order valence-electron chi connectivity index (χ3n) is 5.93. The van der Waals surface area contributed by atoms with Gasteiger partial charge in [0.25, 0.3) is 6.01 Å². The Bertz CT molecular complexity index is 1270. The van der Waals surface area contributed by atoms with Crippen LogP contribution in [0, 0.1) is 18.3 Å². The summed E-state index contributed by atoms with van der Waals surface area (Å²) < 4.78 is 7.99. The number of aliphatic hydroxyl groups excluding tert-OH is 1. The maximum atomic E-state index is 10.2. The van der Waals surface area contributed by atoms with Crippen molar-refractivity contribution in [2.24, 2.45) is 0 Å². The molecule has 7 heteroatoms. The number of hydrogen-bond acceptors (Lipinski definition) is 6. The number of anilines is 1. The molecule has 0 spiro atoms. The van der Waals surface area contributed by atoms with Gasteiger partial charge in [-0.1, -0.05) is 18.9 Å². The van der Waals surface area contributed by atoms with Gasteiger partial charge >= 0.3 is 0 Å². The molecule has 2 atom stereocenters. The van der Waals surface area contributed by atoms with E-state index in [1.54, 1.807) is 6.33 Å². The molecule has 4 aromatic rings. The van der Waals surface area contributed by atoms with Gasteiger partial charge in [0.1, 0.15) is 5.52 Å². The van der Waals surface area contributed by atoms with Crippen LogP contribution in [-0.4, -0.2) is 31.8 Å². The lowest BCUT2D eigenvalue weighted by Gasteiger charge is -2.27. The normalized spacial score (nSPS) is 19.2. The fourth-order valence-electron chi connectivity index (χ4n) is 4.22. The quantitative estimate of drug-likeness (QED) is 0.534. The summed E-state index contributed by atoms with van der Waals surface area (Å²) >= 11 is 0. The average Bonchev–Trinajstić information content (AvgIpc) is 3.32. The molecule has 30 heavy (non-hydrogen) atoms. The Labute approximate surface area is 174 Å². The van der Waals surface area contributed by atoms with Crippen LogP contribution in [0.3, 0.4) is 0 Å². The van der Waals surface area contributed by atoms with Gasteiger partial charge in [0, 0.05) is 6.54 Å². The van der Waals surface area contributed by atoms with E-state index in [9.17, 15) is 10.4 Å². The number of benzene rings is 2. The van der Waals surface area contributed by atoms with Gasteiger partial charge in [-0.2, -0.15) is 10.2 Å². The predicted octanol–water partition coefficient (Wildman–Crippen LogP) is 4.12. The summed E-state index contributed by atoms with van der Waals surface area (Å²) in [4.78, 5) is 8.97. The summed E-state index contributed by atoms with van der Waals surface area (Å²) in [5, 5.41) is 22.7. The Balaban J connectivity index is 1.40. The summed E-state index contributed by atoms with van der Waals surface area (Å²) in [6.07, 6.45) is 5.35. The van der Waals surface area contributed by atoms with E-state index in [4.69, 9.17) is 4.42 Å². The lowest BCUT2D eigenvalue weighted by Crippen LogP contribution is -2.36. The average molecular weight is 401 g/mol. The molecule has 1 fully saturated rings. The van der Waals surface area contributed by atoms with Gasteiger partial charge in [0.2, 0.25) is 0 Å². The number of rotatable bonds is 4. The van der Waals surface area contributed by atoms with Crippen LogP contribution >= 0.6 is 0 Å². The summed E-state index contributed by atoms with van der Waals surface area (Å²) in [6.45, 7) is 2.58. The maximum absolute atomic E-state index is 10.2. The number of fused-ring (bicyclic) bond motifs is 2. The fraction of sp³-hybridized carbons (Fsp3) is 0.348. The molecule has 0 radical (unpaired) electrons. The third-order valence-corrected chi connectivity index (χ3v) is 5.93. The Morgan fingerprint density at radius 1 is 1.23 bits per heavy atom. The molecule has 0 aliphatic heterocycles. The van der Waals surface area contributed by atoms with Crippen molar-refractivity contribution in [3.8, 4) is 6.07 Å². The molecule has 1 saturated carbocycles. The number of hydrogen-bond donors (Lipinski definition) is 2. The number of aliphatic hydroxyl groups is 1. The number of imidazole rings is 1. The molecule has 0 amide bonds. The second-order valence-corrected chi connectivity index (χ2v) is 8.06. The SMILES string of the molecule is Cc1cc2c(cc1C#N)ncn2Cc1ccc2nc(N[C@@H]3CCCC[C@H]3O)oc2c1. The predicted molar refractivity (Wildman–Crippen MR) is 114 cm³/mol. The van der Waals surface area contributed by atoms with Crippen LogP contribution in [0.5, 0.6) is 0 Å². The standard InChI is InChI=1S/C23H23N5O2/c1-14-8-20-19(10-16(14)11-24)25-13-28(20)12-15-6-7-18-22(9-15)30-23(27-18)26-17-4-2-3-5-21(17)29/h6-10,13,17,21,29H,2-5,12H2,1H3,(H,26,27)/t17-,21-/m1/s1. The first kappa shape index (κ1) is 18.6. The van der Waals surface area contributed by atoms with Crippen LogP contribution < -0.4 is 5.32 Å². The molecule has 5 rings (SSSR count). The van der Waals surface area contributed by atoms with Crippen molar-refractivity contribution in [1.82, 2.24) is 14.5 Å². The topological polar surface area (TPSA) is 99.9 Å². The van der Waals surface area contributed by atoms with E-state index in [0.29, 0.717) is 23.7 Å². The second-order valence-electron chi connectivity index (χ2n) is 8.06. The molecule has 2 aromatic carbocycles. The van der Waals surface area contributed by atoms with E-state index in [0.717, 1.165) is 53.4 Å². The summed E-state index contributed by atoms with van der Waals surface area (Å²) in [7, 11) is 0. The number of nitriles is 1. The molecule has 0 bridgehead atoms. The van der Waals surface area contributed by atoms with Crippen LogP contribution in [0.1, 0.15) is 42.4 Å². The number of aryl methyl sites for hydroxylation is 1. The van der Waals surface area contributed by atoms with Crippen LogP contribution in [0.15, 0.2) is 41.1 Å². The molecular weight excluding hydrogens is 378 g/mol. The Kier molecular flexibility index (Phi) is 4.64. The first-order valence-corrected chi connectivity index (χ1v) is 10.3. The number of nitrogens with zero attached hydrogens (tertiary/aromatic N) is 4. The van der Waals surface area contributed by atoms with E-state index in [1.807, 2.05) is 37.3 Å². The zero-order valence-corrected chi connectivity index (χ0v) is 16.8. The van der Waals surface area contributed by atoms with Crippen molar-refractivity contribution in [1.29, 1.82) is 5.26 Å². The van der Waals surface area contributed by atoms with Crippen LogP contribution in [0.4, 0.5) is 6.01 Å². The van der Waals surface area contributed by atoms with Crippen molar-refractivity contribution >= 4 is 28.1 Å². The maximum Gasteiger partial charge on any atom is 0.295 e. The van der Waals surface area contributed by atoms with Crippen molar-refractivity contribution in [2.45, 2.75) is 51.3 Å². The number of aromatic nitrogens is 3. The Morgan fingerprint density at radius 3 is 2.93 bits per heavy atom. The highest BCUT2D eigenvalue weighted by Crippen LogP contribution is 2.26. The van der Waals surface area contributed by atoms with Gasteiger partial charge in [0.15, 0.2) is 5.58 Å². The zero-order valence-electron chi connectivity index (χ0n) is 16.8. The van der Waals surface area contributed by atoms with Gasteiger partial charge in [0.05, 0.1) is 41.1 Å². The van der Waals surface area contributed by atoms with E-state index in [2.05, 4.69) is 25.9 Å². The summed E-state index contributed by atoms with van der Waals surface area (Å²) in [6, 6.07) is 12.5. The Morgan fingerprint density at radius 2 is 2.10 bits per heavy atom. The largest absolute Gasteiger partial charge is 0.424 e. The highest BCUT2D eigenvalue weighted by Gasteiger charge is 2.24. The van der Waals surface area contributed by atoms with Crippen molar-refractivity contribution < 1.29 is 9.52 Å². The van der Waals surface area contributed by atoms with Gasteiger partial charge < -0.3 is 19.4 Å². The zero-order chi connectivity index (χ0) is 20.7. The fourth-order valence-corrected chi connectivity index (χ4v) is 4.22. The van der Waals surface area contributed by atoms with Crippen LogP contribution in [-0.2, 0) is 6.54 Å². The van der Waals surface area contributed by atoms with Gasteiger partial charge in [-0.15, -0.1) is 0 Å². The van der Waals surface area contributed by atoms with E-state index in [1.165, 1.54) is 0 Å². The van der Waals surface area contributed by atoms with Crippen LogP contribution in [0.2, 0.25) is 0 Å². The highest BCUT2D eigenvalue weighted by atomic mass is 16.4. The summed E-state index contributed by atoms with van der Waals surface area (Å²) in [5.41, 5.74) is 5.98. The first-order valence-electron chi connectivity index (χ1n) is 10.3. The molecule has 7 nitrogen and oxygen atoms in total. The van der Waals surface area contributed by atoms with E-state index < -0.39 is 0 Å². The van der Waals surface area contributed by atoms with Crippen molar-refractivity contribution in [3.63, 3.8) is 0 Å². The molecule has 1 aliphatic rings. The van der Waals surface area contributed by atoms with Crippen molar-refractivity contribution in [3.05, 3.63) is 53.3 Å². The third kappa shape index (κ3) is 3.40. The van der Waals surface area contributed by atoms with Gasteiger partial charge in [-0.25, -0.2) is 4.98 Å². The lowest BCUT2D eigenvalue weighted by molar-refractivity contribution is 0.115. The molecule has 2 aromatic heterocycles. The smallest absolute Gasteiger partial charge is 0.295 e. The first-order chi connectivity index (χ1) is 14.6. The van der Waals surface area contributed by atoms with Crippen molar-refractivity contribution in [2.75, 3.05) is 5.32 Å².